The maximum atomic E-state index is 11.9. The smallest absolute Gasteiger partial charge is 0.376 e. The zero-order valence-electron chi connectivity index (χ0n) is 12.4. The van der Waals surface area contributed by atoms with E-state index in [2.05, 4.69) is 22.3 Å². The van der Waals surface area contributed by atoms with Crippen molar-refractivity contribution in [2.24, 2.45) is 0 Å². The van der Waals surface area contributed by atoms with Crippen LogP contribution >= 0.6 is 23.4 Å². The minimum Gasteiger partial charge on any atom is -0.460 e. The van der Waals surface area contributed by atoms with Gasteiger partial charge in [-0.25, -0.2) is 4.79 Å². The van der Waals surface area contributed by atoms with Crippen LogP contribution < -0.4 is 0 Å². The van der Waals surface area contributed by atoms with E-state index in [4.69, 9.17) is 16.3 Å². The molecule has 0 spiro atoms. The Kier molecular flexibility index (Phi) is 4.83. The monoisotopic (exact) mass is 347 g/mol. The minimum absolute atomic E-state index is 0.130. The summed E-state index contributed by atoms with van der Waals surface area (Å²) in [4.78, 5) is 12.9. The molecule has 0 saturated carbocycles. The third-order valence-electron chi connectivity index (χ3n) is 3.14. The quantitative estimate of drug-likeness (QED) is 0.518. The molecule has 7 heteroatoms. The third-order valence-corrected chi connectivity index (χ3v) is 4.45. The van der Waals surface area contributed by atoms with Gasteiger partial charge in [0.25, 0.3) is 0 Å². The number of pyridine rings is 1. The molecule has 118 valence electrons. The Balaban J connectivity index is 1.89. The minimum atomic E-state index is -0.513. The first kappa shape index (κ1) is 15.8. The number of ether oxygens (including phenoxy) is 1. The number of halogens is 1. The number of hydrogen-bond donors (Lipinski definition) is 0. The van der Waals surface area contributed by atoms with Crippen molar-refractivity contribution in [1.29, 1.82) is 0 Å². The molecule has 0 fully saturated rings. The molecule has 0 saturated heterocycles. The van der Waals surface area contributed by atoms with Crippen molar-refractivity contribution in [2.45, 2.75) is 17.6 Å². The van der Waals surface area contributed by atoms with Crippen LogP contribution in [0.1, 0.15) is 23.1 Å². The van der Waals surface area contributed by atoms with E-state index in [1.807, 2.05) is 24.3 Å². The first-order valence-electron chi connectivity index (χ1n) is 7.07. The lowest BCUT2D eigenvalue weighted by Crippen LogP contribution is -2.09. The number of carbonyl (C=O) groups excluding carboxylic acids is 1. The lowest BCUT2D eigenvalue weighted by atomic mass is 10.2. The second-order valence-corrected chi connectivity index (χ2v) is 6.19. The van der Waals surface area contributed by atoms with Crippen molar-refractivity contribution in [3.8, 4) is 0 Å². The van der Waals surface area contributed by atoms with Crippen LogP contribution in [0.15, 0.2) is 47.5 Å². The van der Waals surface area contributed by atoms with Gasteiger partial charge in [-0.1, -0.05) is 41.9 Å². The molecule has 0 amide bonds. The number of esters is 1. The van der Waals surface area contributed by atoms with Crippen molar-refractivity contribution >= 4 is 35.0 Å². The van der Waals surface area contributed by atoms with Crippen LogP contribution in [0.25, 0.3) is 5.65 Å². The SMILES string of the molecule is CCOC(=O)c1nnc2c(Cl)cc(SCc3ccccc3)cn12. The molecule has 0 radical (unpaired) electrons. The summed E-state index contributed by atoms with van der Waals surface area (Å²) < 4.78 is 6.57. The Morgan fingerprint density at radius 2 is 2.09 bits per heavy atom. The number of fused-ring (bicyclic) bond motifs is 1. The van der Waals surface area contributed by atoms with Gasteiger partial charge in [-0.2, -0.15) is 0 Å². The Labute approximate surface area is 142 Å². The van der Waals surface area contributed by atoms with Crippen LogP contribution in [0.5, 0.6) is 0 Å². The molecule has 0 aliphatic heterocycles. The molecule has 5 nitrogen and oxygen atoms in total. The van der Waals surface area contributed by atoms with Gasteiger partial charge in [-0.05, 0) is 18.6 Å². The summed E-state index contributed by atoms with van der Waals surface area (Å²) in [6, 6.07) is 12.0. The van der Waals surface area contributed by atoms with Crippen LogP contribution in [0, 0.1) is 0 Å². The average Bonchev–Trinajstić information content (AvgIpc) is 2.99. The Morgan fingerprint density at radius 3 is 2.83 bits per heavy atom. The van der Waals surface area contributed by atoms with E-state index in [1.165, 1.54) is 5.56 Å². The fourth-order valence-corrected chi connectivity index (χ4v) is 3.30. The summed E-state index contributed by atoms with van der Waals surface area (Å²) in [5, 5.41) is 8.28. The van der Waals surface area contributed by atoms with Gasteiger partial charge in [0.2, 0.25) is 5.82 Å². The number of aromatic nitrogens is 3. The van der Waals surface area contributed by atoms with Gasteiger partial charge in [0.15, 0.2) is 5.65 Å². The van der Waals surface area contributed by atoms with Gasteiger partial charge >= 0.3 is 5.97 Å². The van der Waals surface area contributed by atoms with Crippen molar-refractivity contribution < 1.29 is 9.53 Å². The highest BCUT2D eigenvalue weighted by atomic mass is 35.5. The Morgan fingerprint density at radius 1 is 1.30 bits per heavy atom. The molecule has 2 heterocycles. The van der Waals surface area contributed by atoms with E-state index in [0.29, 0.717) is 10.7 Å². The van der Waals surface area contributed by atoms with E-state index in [1.54, 1.807) is 29.3 Å². The predicted octanol–water partition coefficient (Wildman–Crippen LogP) is 3.85. The van der Waals surface area contributed by atoms with Crippen LogP contribution in [-0.4, -0.2) is 27.2 Å². The van der Waals surface area contributed by atoms with Gasteiger partial charge < -0.3 is 4.74 Å². The molecule has 0 aliphatic carbocycles. The number of benzene rings is 1. The highest BCUT2D eigenvalue weighted by molar-refractivity contribution is 7.98. The van der Waals surface area contributed by atoms with Gasteiger partial charge in [0.1, 0.15) is 0 Å². The normalized spacial score (nSPS) is 10.9. The van der Waals surface area contributed by atoms with E-state index in [0.717, 1.165) is 10.6 Å². The van der Waals surface area contributed by atoms with E-state index >= 15 is 0 Å². The van der Waals surface area contributed by atoms with Crippen LogP contribution in [0.4, 0.5) is 0 Å². The summed E-state index contributed by atoms with van der Waals surface area (Å²) in [5.74, 6) is 0.423. The van der Waals surface area contributed by atoms with Gasteiger partial charge in [-0.15, -0.1) is 22.0 Å². The summed E-state index contributed by atoms with van der Waals surface area (Å²) in [7, 11) is 0. The number of carbonyl (C=O) groups is 1. The van der Waals surface area contributed by atoms with Crippen molar-refractivity contribution in [3.63, 3.8) is 0 Å². The van der Waals surface area contributed by atoms with Gasteiger partial charge in [0, 0.05) is 16.8 Å². The molecular weight excluding hydrogens is 334 g/mol. The molecule has 0 atom stereocenters. The van der Waals surface area contributed by atoms with Gasteiger partial charge in [-0.3, -0.25) is 4.40 Å². The first-order valence-corrected chi connectivity index (χ1v) is 8.43. The van der Waals surface area contributed by atoms with Crippen molar-refractivity contribution in [3.05, 3.63) is 59.0 Å². The molecule has 2 aromatic heterocycles. The molecule has 0 N–H and O–H groups in total. The van der Waals surface area contributed by atoms with Crippen LogP contribution in [-0.2, 0) is 10.5 Å². The fourth-order valence-electron chi connectivity index (χ4n) is 2.09. The van der Waals surface area contributed by atoms with Crippen molar-refractivity contribution in [2.75, 3.05) is 6.61 Å². The fraction of sp³-hybridized carbons (Fsp3) is 0.188. The molecule has 23 heavy (non-hydrogen) atoms. The van der Waals surface area contributed by atoms with Crippen LogP contribution in [0.3, 0.4) is 0 Å². The van der Waals surface area contributed by atoms with Crippen molar-refractivity contribution in [1.82, 2.24) is 14.6 Å². The maximum Gasteiger partial charge on any atom is 0.376 e. The highest BCUT2D eigenvalue weighted by Gasteiger charge is 2.17. The average molecular weight is 348 g/mol. The number of rotatable bonds is 5. The maximum absolute atomic E-state index is 11.9. The lowest BCUT2D eigenvalue weighted by Gasteiger charge is -2.06. The van der Waals surface area contributed by atoms with E-state index < -0.39 is 5.97 Å². The number of nitrogens with zero attached hydrogens (tertiary/aromatic N) is 3. The lowest BCUT2D eigenvalue weighted by molar-refractivity contribution is 0.0510. The molecule has 0 unspecified atom stereocenters. The molecular formula is C16H14ClN3O2S. The summed E-state index contributed by atoms with van der Waals surface area (Å²) in [6.45, 7) is 2.03. The van der Waals surface area contributed by atoms with E-state index in [-0.39, 0.29) is 12.4 Å². The molecule has 1 aromatic carbocycles. The van der Waals surface area contributed by atoms with E-state index in [9.17, 15) is 4.79 Å². The topological polar surface area (TPSA) is 56.5 Å². The Bertz CT molecular complexity index is 836. The summed E-state index contributed by atoms with van der Waals surface area (Å²) in [5.41, 5.74) is 1.65. The molecule has 0 bridgehead atoms. The van der Waals surface area contributed by atoms with Crippen LogP contribution in [0.2, 0.25) is 5.02 Å². The zero-order chi connectivity index (χ0) is 16.2. The second kappa shape index (κ2) is 7.02. The number of hydrogen-bond acceptors (Lipinski definition) is 5. The number of thioether (sulfide) groups is 1. The zero-order valence-corrected chi connectivity index (χ0v) is 14.0. The van der Waals surface area contributed by atoms with Gasteiger partial charge in [0.05, 0.1) is 11.6 Å². The summed E-state index contributed by atoms with van der Waals surface area (Å²) >= 11 is 7.88. The second-order valence-electron chi connectivity index (χ2n) is 4.74. The largest absolute Gasteiger partial charge is 0.460 e. The predicted molar refractivity (Wildman–Crippen MR) is 90.0 cm³/mol. The molecule has 3 rings (SSSR count). The first-order chi connectivity index (χ1) is 11.2. The standard InChI is InChI=1S/C16H14ClN3O2S/c1-2-22-16(21)15-19-18-14-13(17)8-12(9-20(14)15)23-10-11-6-4-3-5-7-11/h3-9H,2,10H2,1H3. The Hall–Kier alpha value is -2.05. The highest BCUT2D eigenvalue weighted by Crippen LogP contribution is 2.28. The summed E-state index contributed by atoms with van der Waals surface area (Å²) in [6.07, 6.45) is 1.81. The molecule has 0 aliphatic rings. The molecule has 3 aromatic rings. The third kappa shape index (κ3) is 3.48.